The fourth-order valence-electron chi connectivity index (χ4n) is 7.32. The number of carbonyl (C=O) groups is 4. The van der Waals surface area contributed by atoms with E-state index in [1.165, 1.54) is 6.42 Å². The summed E-state index contributed by atoms with van der Waals surface area (Å²) in [6.45, 7) is 7.18. The molecule has 2 aliphatic carbocycles. The highest BCUT2D eigenvalue weighted by atomic mass is 19.1. The van der Waals surface area contributed by atoms with Crippen LogP contribution < -0.4 is 10.6 Å². The summed E-state index contributed by atoms with van der Waals surface area (Å²) in [7, 11) is 0. The zero-order chi connectivity index (χ0) is 31.9. The Morgan fingerprint density at radius 1 is 0.955 bits per heavy atom. The molecule has 10 heteroatoms. The minimum atomic E-state index is -0.694. The molecule has 1 aliphatic heterocycles. The molecule has 1 aromatic carbocycles. The van der Waals surface area contributed by atoms with Gasteiger partial charge < -0.3 is 25.0 Å². The van der Waals surface area contributed by atoms with Gasteiger partial charge in [0.1, 0.15) is 18.3 Å². The van der Waals surface area contributed by atoms with Crippen LogP contribution in [0.5, 0.6) is 0 Å². The van der Waals surface area contributed by atoms with Gasteiger partial charge in [0.15, 0.2) is 0 Å². The van der Waals surface area contributed by atoms with Crippen molar-refractivity contribution < 1.29 is 33.0 Å². The van der Waals surface area contributed by atoms with Crippen LogP contribution >= 0.6 is 0 Å². The van der Waals surface area contributed by atoms with E-state index >= 15 is 0 Å². The van der Waals surface area contributed by atoms with Gasteiger partial charge in [0.25, 0.3) is 0 Å². The molecule has 44 heavy (non-hydrogen) atoms. The topological polar surface area (TPSA) is 114 Å². The number of likely N-dealkylation sites (tertiary alicyclic amines) is 1. The quantitative estimate of drug-likeness (QED) is 0.317. The van der Waals surface area contributed by atoms with Crippen LogP contribution in [-0.4, -0.2) is 66.3 Å². The Morgan fingerprint density at radius 2 is 1.61 bits per heavy atom. The van der Waals surface area contributed by atoms with Crippen LogP contribution in [0.1, 0.15) is 102 Å². The molecule has 2 N–H and O–H groups in total. The molecule has 3 fully saturated rings. The van der Waals surface area contributed by atoms with Gasteiger partial charge >= 0.3 is 12.1 Å². The Morgan fingerprint density at radius 3 is 2.20 bits per heavy atom. The largest absolute Gasteiger partial charge is 0.462 e. The lowest BCUT2D eigenvalue weighted by atomic mass is 9.76. The molecule has 1 heterocycles. The third-order valence-corrected chi connectivity index (χ3v) is 9.47. The number of ether oxygens (including phenoxy) is 2. The Kier molecular flexibility index (Phi) is 11.7. The molecule has 0 spiro atoms. The first-order valence-corrected chi connectivity index (χ1v) is 16.4. The van der Waals surface area contributed by atoms with Gasteiger partial charge in [0, 0.05) is 18.2 Å². The van der Waals surface area contributed by atoms with E-state index in [-0.39, 0.29) is 36.2 Å². The molecule has 9 nitrogen and oxygen atoms in total. The van der Waals surface area contributed by atoms with E-state index in [9.17, 15) is 23.6 Å². The van der Waals surface area contributed by atoms with Crippen molar-refractivity contribution >= 4 is 29.6 Å². The van der Waals surface area contributed by atoms with E-state index < -0.39 is 36.4 Å². The monoisotopic (exact) mass is 615 g/mol. The highest BCUT2D eigenvalue weighted by Crippen LogP contribution is 2.41. The highest BCUT2D eigenvalue weighted by molar-refractivity contribution is 5.98. The fraction of sp³-hybridized carbons (Fsp3) is 0.706. The van der Waals surface area contributed by atoms with Gasteiger partial charge in [0.2, 0.25) is 11.8 Å². The number of benzene rings is 1. The lowest BCUT2D eigenvalue weighted by Crippen LogP contribution is -2.50. The van der Waals surface area contributed by atoms with Crippen molar-refractivity contribution in [3.63, 3.8) is 0 Å². The number of nitrogens with one attached hydrogen (secondary N) is 2. The summed E-state index contributed by atoms with van der Waals surface area (Å²) in [5.74, 6) is -0.422. The molecule has 0 unspecified atom stereocenters. The maximum atomic E-state index is 14.0. The summed E-state index contributed by atoms with van der Waals surface area (Å²) in [6.07, 6.45) is 8.23. The van der Waals surface area contributed by atoms with Gasteiger partial charge in [-0.2, -0.15) is 0 Å². The summed E-state index contributed by atoms with van der Waals surface area (Å²) >= 11 is 0. The number of esters is 1. The molecule has 3 amide bonds. The van der Waals surface area contributed by atoms with Gasteiger partial charge in [-0.3, -0.25) is 9.59 Å². The molecule has 3 atom stereocenters. The SMILES string of the molecule is CCOC(=O)c1ccc(NC(=O)[C@H]2[C@H](C3CCCCC3)CCN2C(=O)C2CCC([C@@H](CF)NC(=O)OC(C)(C)C)CC2)cc1. The minimum Gasteiger partial charge on any atom is -0.462 e. The van der Waals surface area contributed by atoms with E-state index in [2.05, 4.69) is 10.6 Å². The van der Waals surface area contributed by atoms with E-state index in [0.29, 0.717) is 49.4 Å². The van der Waals surface area contributed by atoms with E-state index in [1.54, 1.807) is 56.9 Å². The van der Waals surface area contributed by atoms with Gasteiger partial charge in [-0.05, 0) is 102 Å². The number of alkyl carbamates (subject to hydrolysis) is 1. The zero-order valence-corrected chi connectivity index (χ0v) is 26.7. The number of alkyl halides is 1. The number of anilines is 1. The van der Waals surface area contributed by atoms with Crippen LogP contribution in [0.25, 0.3) is 0 Å². The maximum Gasteiger partial charge on any atom is 0.407 e. The Balaban J connectivity index is 1.42. The molecule has 1 aromatic rings. The van der Waals surface area contributed by atoms with Gasteiger partial charge in [0.05, 0.1) is 18.2 Å². The van der Waals surface area contributed by atoms with Crippen molar-refractivity contribution in [3.8, 4) is 0 Å². The fourth-order valence-corrected chi connectivity index (χ4v) is 7.32. The number of hydrogen-bond acceptors (Lipinski definition) is 6. The average Bonchev–Trinajstić information content (AvgIpc) is 3.45. The second-order valence-corrected chi connectivity index (χ2v) is 13.6. The Hall–Kier alpha value is -3.17. The van der Waals surface area contributed by atoms with Gasteiger partial charge in [-0.15, -0.1) is 0 Å². The number of nitrogens with zero attached hydrogens (tertiary/aromatic N) is 1. The second-order valence-electron chi connectivity index (χ2n) is 13.6. The van der Waals surface area contributed by atoms with Crippen molar-refractivity contribution in [2.75, 3.05) is 25.1 Å². The number of halogens is 1. The van der Waals surface area contributed by atoms with Crippen molar-refractivity contribution in [1.82, 2.24) is 10.2 Å². The molecule has 1 saturated heterocycles. The summed E-state index contributed by atoms with van der Waals surface area (Å²) in [6, 6.07) is 5.43. The molecule has 2 saturated carbocycles. The standard InChI is InChI=1S/C34H50FN3O6/c1-5-43-32(41)25-15-17-26(18-16-25)36-30(39)29-27(22-9-7-6-8-10-22)19-20-38(29)31(40)24-13-11-23(12-14-24)28(21-35)37-33(42)44-34(2,3)4/h15-18,22-24,27-29H,5-14,19-21H2,1-4H3,(H,36,39)(H,37,42)/t23?,24?,27-,28+,29+/m0/s1. The van der Waals surface area contributed by atoms with Crippen molar-refractivity contribution in [2.45, 2.75) is 110 Å². The Bertz CT molecular complexity index is 1140. The summed E-state index contributed by atoms with van der Waals surface area (Å²) in [5.41, 5.74) is 0.310. The molecule has 3 aliphatic rings. The smallest absolute Gasteiger partial charge is 0.407 e. The van der Waals surface area contributed by atoms with Crippen LogP contribution in [0, 0.1) is 23.7 Å². The van der Waals surface area contributed by atoms with Crippen LogP contribution in [-0.2, 0) is 19.1 Å². The molecule has 0 aromatic heterocycles. The molecule has 0 radical (unpaired) electrons. The summed E-state index contributed by atoms with van der Waals surface area (Å²) < 4.78 is 24.3. The van der Waals surface area contributed by atoms with Crippen LogP contribution in [0.4, 0.5) is 14.9 Å². The number of amides is 3. The van der Waals surface area contributed by atoms with E-state index in [4.69, 9.17) is 9.47 Å². The van der Waals surface area contributed by atoms with Crippen molar-refractivity contribution in [3.05, 3.63) is 29.8 Å². The lowest BCUT2D eigenvalue weighted by molar-refractivity contribution is -0.142. The van der Waals surface area contributed by atoms with Gasteiger partial charge in [-0.25, -0.2) is 14.0 Å². The molecule has 0 bridgehead atoms. The minimum absolute atomic E-state index is 0.00327. The number of carbonyl (C=O) groups excluding carboxylic acids is 4. The maximum absolute atomic E-state index is 14.0. The first-order valence-electron chi connectivity index (χ1n) is 16.4. The highest BCUT2D eigenvalue weighted by Gasteiger charge is 2.47. The normalized spacial score (nSPS) is 25.2. The predicted molar refractivity (Wildman–Crippen MR) is 166 cm³/mol. The summed E-state index contributed by atoms with van der Waals surface area (Å²) in [5, 5.41) is 5.71. The molecular formula is C34H50FN3O6. The van der Waals surface area contributed by atoms with Crippen LogP contribution in [0.15, 0.2) is 24.3 Å². The average molecular weight is 616 g/mol. The van der Waals surface area contributed by atoms with Crippen molar-refractivity contribution in [1.29, 1.82) is 0 Å². The predicted octanol–water partition coefficient (Wildman–Crippen LogP) is 6.27. The first-order chi connectivity index (χ1) is 21.0. The van der Waals surface area contributed by atoms with Gasteiger partial charge in [-0.1, -0.05) is 32.1 Å². The molecular weight excluding hydrogens is 565 g/mol. The third kappa shape index (κ3) is 8.72. The van der Waals surface area contributed by atoms with Crippen LogP contribution in [0.3, 0.4) is 0 Å². The molecule has 244 valence electrons. The van der Waals surface area contributed by atoms with Crippen LogP contribution in [0.2, 0.25) is 0 Å². The first kappa shape index (κ1) is 33.7. The second kappa shape index (κ2) is 15.2. The van der Waals surface area contributed by atoms with E-state index in [0.717, 1.165) is 32.1 Å². The van der Waals surface area contributed by atoms with Crippen molar-refractivity contribution in [2.24, 2.45) is 23.7 Å². The number of rotatable bonds is 9. The lowest BCUT2D eigenvalue weighted by Gasteiger charge is -2.37. The zero-order valence-electron chi connectivity index (χ0n) is 26.7. The summed E-state index contributed by atoms with van der Waals surface area (Å²) in [4.78, 5) is 54.0. The molecule has 4 rings (SSSR count). The number of hydrogen-bond donors (Lipinski definition) is 2. The van der Waals surface area contributed by atoms with E-state index in [1.807, 2.05) is 0 Å². The Labute approximate surface area is 261 Å². The third-order valence-electron chi connectivity index (χ3n) is 9.47.